The lowest BCUT2D eigenvalue weighted by molar-refractivity contribution is 0.660. The summed E-state index contributed by atoms with van der Waals surface area (Å²) in [6, 6.07) is 28.0. The van der Waals surface area contributed by atoms with Gasteiger partial charge in [-0.25, -0.2) is 4.98 Å². The van der Waals surface area contributed by atoms with Crippen molar-refractivity contribution in [3.05, 3.63) is 113 Å². The van der Waals surface area contributed by atoms with Gasteiger partial charge in [0.25, 0.3) is 0 Å². The van der Waals surface area contributed by atoms with Crippen molar-refractivity contribution in [1.82, 2.24) is 4.98 Å². The lowest BCUT2D eigenvalue weighted by atomic mass is 9.82. The van der Waals surface area contributed by atoms with Crippen molar-refractivity contribution in [3.8, 4) is 22.4 Å². The van der Waals surface area contributed by atoms with Crippen molar-refractivity contribution in [2.24, 2.45) is 5.73 Å². The van der Waals surface area contributed by atoms with Crippen molar-refractivity contribution in [2.75, 3.05) is 0 Å². The molecule has 0 saturated heterocycles. The summed E-state index contributed by atoms with van der Waals surface area (Å²) in [5, 5.41) is 17.5. The van der Waals surface area contributed by atoms with Gasteiger partial charge in [0.15, 0.2) is 0 Å². The molecule has 0 radical (unpaired) electrons. The number of hydrogen-bond donors (Lipinski definition) is 3. The highest BCUT2D eigenvalue weighted by molar-refractivity contribution is 8.27. The molecule has 1 heterocycles. The van der Waals surface area contributed by atoms with Crippen LogP contribution in [0.1, 0.15) is 41.8 Å². The molecule has 35 heavy (non-hydrogen) atoms. The lowest BCUT2D eigenvalue weighted by Gasteiger charge is -2.21. The molecule has 4 N–H and O–H groups in total. The first-order valence-corrected chi connectivity index (χ1v) is 12.5. The Morgan fingerprint density at radius 2 is 1.49 bits per heavy atom. The molecule has 0 unspecified atom stereocenters. The minimum Gasteiger partial charge on any atom is -0.389 e. The van der Waals surface area contributed by atoms with E-state index in [0.29, 0.717) is 16.2 Å². The average Bonchev–Trinajstić information content (AvgIpc) is 3.10. The summed E-state index contributed by atoms with van der Waals surface area (Å²) >= 11 is 6.07. The van der Waals surface area contributed by atoms with Crippen LogP contribution in [0.2, 0.25) is 0 Å². The highest BCUT2D eigenvalue weighted by Gasteiger charge is 2.35. The fraction of sp³-hybridized carbons (Fsp3) is 0.103. The number of thioether (sulfide) groups is 1. The number of aromatic nitrogens is 1. The third-order valence-electron chi connectivity index (χ3n) is 6.50. The van der Waals surface area contributed by atoms with E-state index in [0.717, 1.165) is 28.6 Å². The number of rotatable bonds is 4. The Hall–Kier alpha value is -3.61. The lowest BCUT2D eigenvalue weighted by Crippen LogP contribution is -2.15. The molecule has 0 amide bonds. The van der Waals surface area contributed by atoms with Gasteiger partial charge in [-0.1, -0.05) is 92.8 Å². The van der Waals surface area contributed by atoms with Gasteiger partial charge in [-0.3, -0.25) is 10.8 Å². The molecular weight excluding hydrogens is 468 g/mol. The van der Waals surface area contributed by atoms with E-state index in [-0.39, 0.29) is 15.5 Å². The van der Waals surface area contributed by atoms with Gasteiger partial charge in [0.05, 0.1) is 11.4 Å². The molecule has 0 aliphatic heterocycles. The first-order chi connectivity index (χ1) is 16.8. The molecule has 0 saturated carbocycles. The van der Waals surface area contributed by atoms with Crippen LogP contribution in [0.15, 0.2) is 84.9 Å². The zero-order valence-electron chi connectivity index (χ0n) is 19.4. The average molecular weight is 493 g/mol. The highest BCUT2D eigenvalue weighted by atomic mass is 32.2. The fourth-order valence-electron chi connectivity index (χ4n) is 4.58. The van der Waals surface area contributed by atoms with Gasteiger partial charge in [-0.2, -0.15) is 0 Å². The van der Waals surface area contributed by atoms with Gasteiger partial charge in [-0.15, -0.1) is 0 Å². The third-order valence-corrected chi connectivity index (χ3v) is 7.59. The van der Waals surface area contributed by atoms with E-state index in [4.69, 9.17) is 33.8 Å². The van der Waals surface area contributed by atoms with Crippen LogP contribution < -0.4 is 5.73 Å². The van der Waals surface area contributed by atoms with Crippen LogP contribution in [0.5, 0.6) is 0 Å². The van der Waals surface area contributed by atoms with Crippen LogP contribution in [-0.2, 0) is 5.41 Å². The van der Waals surface area contributed by atoms with Crippen LogP contribution in [-0.4, -0.2) is 20.1 Å². The number of nitrogens with one attached hydrogen (secondary N) is 2. The van der Waals surface area contributed by atoms with Crippen molar-refractivity contribution >= 4 is 39.1 Å². The summed E-state index contributed by atoms with van der Waals surface area (Å²) in [7, 11) is 0. The Morgan fingerprint density at radius 1 is 0.800 bits per heavy atom. The van der Waals surface area contributed by atoms with E-state index in [1.807, 2.05) is 18.2 Å². The van der Waals surface area contributed by atoms with Crippen molar-refractivity contribution < 1.29 is 0 Å². The van der Waals surface area contributed by atoms with E-state index in [1.165, 1.54) is 22.3 Å². The molecule has 0 bridgehead atoms. The van der Waals surface area contributed by atoms with Crippen molar-refractivity contribution in [1.29, 1.82) is 10.8 Å². The number of fused-ring (bicyclic) bond motifs is 3. The third kappa shape index (κ3) is 4.20. The number of nitrogens with zero attached hydrogens (tertiary/aromatic N) is 1. The van der Waals surface area contributed by atoms with E-state index >= 15 is 0 Å². The number of benzene rings is 3. The minimum absolute atomic E-state index is 0.0830. The molecule has 6 heteroatoms. The Morgan fingerprint density at radius 3 is 2.23 bits per heavy atom. The molecule has 1 aliphatic carbocycles. The van der Waals surface area contributed by atoms with Crippen LogP contribution in [0.3, 0.4) is 0 Å². The number of pyridine rings is 1. The van der Waals surface area contributed by atoms with Crippen molar-refractivity contribution in [3.63, 3.8) is 0 Å². The SMILES string of the molecule is CC1(C)c2ccccc2-c2ccc(-c3cccc(C(=N)SC(=N)c4ccc(C(N)=S)cc4)n3)cc21. The monoisotopic (exact) mass is 492 g/mol. The standard InChI is InChI=1S/C29H24N4S2/c1-29(2)22-7-4-3-6-20(22)21-15-14-19(16-23(21)29)24-8-5-9-25(33-24)28(32)35-27(31)18-12-10-17(11-13-18)26(30)34/h3-16,31-32H,1-2H3,(H2,30,34). The van der Waals surface area contributed by atoms with E-state index in [2.05, 4.69) is 56.3 Å². The Labute approximate surface area is 214 Å². The molecule has 5 rings (SSSR count). The predicted molar refractivity (Wildman–Crippen MR) is 151 cm³/mol. The zero-order valence-corrected chi connectivity index (χ0v) is 21.1. The molecule has 3 aromatic carbocycles. The molecule has 4 nitrogen and oxygen atoms in total. The molecule has 0 fully saturated rings. The van der Waals surface area contributed by atoms with Crippen LogP contribution in [0.25, 0.3) is 22.4 Å². The molecule has 0 atom stereocenters. The second-order valence-electron chi connectivity index (χ2n) is 9.04. The van der Waals surface area contributed by atoms with E-state index in [1.54, 1.807) is 24.3 Å². The Kier molecular flexibility index (Phi) is 5.87. The number of hydrogen-bond acceptors (Lipinski definition) is 5. The van der Waals surface area contributed by atoms with Gasteiger partial charge in [0.1, 0.15) is 15.1 Å². The Bertz CT molecular complexity index is 1500. The van der Waals surface area contributed by atoms with Gasteiger partial charge < -0.3 is 5.73 Å². The summed E-state index contributed by atoms with van der Waals surface area (Å²) < 4.78 is 0. The van der Waals surface area contributed by atoms with Crippen LogP contribution in [0.4, 0.5) is 0 Å². The van der Waals surface area contributed by atoms with Gasteiger partial charge in [-0.05, 0) is 52.2 Å². The summed E-state index contributed by atoms with van der Waals surface area (Å²) in [6.07, 6.45) is 0. The summed E-state index contributed by atoms with van der Waals surface area (Å²) in [5.41, 5.74) is 14.6. The summed E-state index contributed by atoms with van der Waals surface area (Å²) in [6.45, 7) is 4.52. The Balaban J connectivity index is 1.40. The summed E-state index contributed by atoms with van der Waals surface area (Å²) in [4.78, 5) is 5.10. The van der Waals surface area contributed by atoms with Crippen LogP contribution in [0, 0.1) is 10.8 Å². The minimum atomic E-state index is -0.0830. The smallest absolute Gasteiger partial charge is 0.119 e. The molecule has 172 valence electrons. The molecule has 1 aliphatic rings. The maximum absolute atomic E-state index is 8.57. The van der Waals surface area contributed by atoms with Crippen LogP contribution >= 0.6 is 24.0 Å². The highest BCUT2D eigenvalue weighted by Crippen LogP contribution is 2.49. The first kappa shape index (κ1) is 23.1. The normalized spacial score (nSPS) is 13.1. The molecule has 4 aromatic rings. The molecule has 1 aromatic heterocycles. The topological polar surface area (TPSA) is 86.6 Å². The number of nitrogens with two attached hydrogens (primary N) is 1. The van der Waals surface area contributed by atoms with Gasteiger partial charge >= 0.3 is 0 Å². The second-order valence-corrected chi connectivity index (χ2v) is 10.5. The van der Waals surface area contributed by atoms with Crippen molar-refractivity contribution in [2.45, 2.75) is 19.3 Å². The van der Waals surface area contributed by atoms with Gasteiger partial charge in [0, 0.05) is 22.1 Å². The second kappa shape index (κ2) is 8.87. The largest absolute Gasteiger partial charge is 0.389 e. The first-order valence-electron chi connectivity index (χ1n) is 11.2. The molecule has 0 spiro atoms. The maximum Gasteiger partial charge on any atom is 0.119 e. The summed E-state index contributed by atoms with van der Waals surface area (Å²) in [5.74, 6) is 0. The van der Waals surface area contributed by atoms with E-state index in [9.17, 15) is 0 Å². The number of thiocarbonyl (C=S) groups is 1. The van der Waals surface area contributed by atoms with E-state index < -0.39 is 0 Å². The fourth-order valence-corrected chi connectivity index (χ4v) is 5.40. The molecular formula is C29H24N4S2. The predicted octanol–water partition coefficient (Wildman–Crippen LogP) is 6.77. The maximum atomic E-state index is 8.57. The quantitative estimate of drug-likeness (QED) is 0.167. The van der Waals surface area contributed by atoms with Gasteiger partial charge in [0.2, 0.25) is 0 Å². The zero-order chi connectivity index (χ0) is 24.7.